The molecule has 0 spiro atoms. The molecule has 1 aliphatic heterocycles. The lowest BCUT2D eigenvalue weighted by Crippen LogP contribution is -2.59. The molecular weight excluding hydrogens is 514 g/mol. The zero-order valence-electron chi connectivity index (χ0n) is 23.7. The average molecular weight is 552 g/mol. The van der Waals surface area contributed by atoms with Crippen LogP contribution >= 0.6 is 0 Å². The third-order valence-corrected chi connectivity index (χ3v) is 7.11. The van der Waals surface area contributed by atoms with Crippen LogP contribution in [-0.4, -0.2) is 69.9 Å². The number of benzene rings is 2. The van der Waals surface area contributed by atoms with Gasteiger partial charge in [0.05, 0.1) is 12.5 Å². The normalized spacial score (nSPS) is 20.3. The SMILES string of the molecule is CC1OC(C)(C)N(C(=O)[C@H](CC(=O)NC(C)(C)C)NC(=O)OCC2c3ccccc3-c3ccccc32)[C@@H]1C(=O)O. The van der Waals surface area contributed by atoms with Crippen LogP contribution in [0.15, 0.2) is 48.5 Å². The summed E-state index contributed by atoms with van der Waals surface area (Å²) < 4.78 is 11.4. The second-order valence-electron chi connectivity index (χ2n) is 11.8. The Kier molecular flexibility index (Phi) is 7.94. The van der Waals surface area contributed by atoms with Crippen LogP contribution in [0.3, 0.4) is 0 Å². The predicted molar refractivity (Wildman–Crippen MR) is 147 cm³/mol. The fourth-order valence-electron chi connectivity index (χ4n) is 5.64. The Morgan fingerprint density at radius 1 is 1.02 bits per heavy atom. The van der Waals surface area contributed by atoms with Crippen molar-refractivity contribution < 1.29 is 33.8 Å². The van der Waals surface area contributed by atoms with E-state index in [1.807, 2.05) is 48.5 Å². The molecule has 214 valence electrons. The number of rotatable bonds is 7. The van der Waals surface area contributed by atoms with E-state index in [9.17, 15) is 24.3 Å². The molecule has 1 unspecified atom stereocenters. The molecule has 0 radical (unpaired) electrons. The maximum atomic E-state index is 13.8. The molecule has 1 saturated heterocycles. The molecule has 2 aromatic rings. The number of carboxylic acids is 1. The fraction of sp³-hybridized carbons (Fsp3) is 0.467. The molecule has 10 heteroatoms. The summed E-state index contributed by atoms with van der Waals surface area (Å²) in [5.41, 5.74) is 2.35. The van der Waals surface area contributed by atoms with Crippen LogP contribution < -0.4 is 10.6 Å². The summed E-state index contributed by atoms with van der Waals surface area (Å²) in [5, 5.41) is 15.1. The van der Waals surface area contributed by atoms with Crippen LogP contribution in [0.1, 0.15) is 65.0 Å². The van der Waals surface area contributed by atoms with Crippen molar-refractivity contribution in [3.8, 4) is 11.1 Å². The minimum atomic E-state index is -1.38. The van der Waals surface area contributed by atoms with Gasteiger partial charge in [-0.1, -0.05) is 48.5 Å². The molecule has 4 rings (SSSR count). The van der Waals surface area contributed by atoms with Gasteiger partial charge in [-0.3, -0.25) is 14.5 Å². The third kappa shape index (κ3) is 5.96. The van der Waals surface area contributed by atoms with Gasteiger partial charge in [-0.05, 0) is 63.8 Å². The number of nitrogens with zero attached hydrogens (tertiary/aromatic N) is 1. The van der Waals surface area contributed by atoms with Gasteiger partial charge in [-0.25, -0.2) is 9.59 Å². The Balaban J connectivity index is 1.54. The maximum Gasteiger partial charge on any atom is 0.407 e. The topological polar surface area (TPSA) is 134 Å². The summed E-state index contributed by atoms with van der Waals surface area (Å²) in [6.45, 7) is 10.1. The molecule has 10 nitrogen and oxygen atoms in total. The van der Waals surface area contributed by atoms with Crippen molar-refractivity contribution in [2.24, 2.45) is 0 Å². The van der Waals surface area contributed by atoms with E-state index in [0.717, 1.165) is 27.2 Å². The summed E-state index contributed by atoms with van der Waals surface area (Å²) in [6, 6.07) is 13.1. The number of hydrogen-bond donors (Lipinski definition) is 3. The summed E-state index contributed by atoms with van der Waals surface area (Å²) in [4.78, 5) is 52.8. The first kappa shape index (κ1) is 29.1. The maximum absolute atomic E-state index is 13.8. The highest BCUT2D eigenvalue weighted by Gasteiger charge is 2.53. The minimum absolute atomic E-state index is 0.0159. The van der Waals surface area contributed by atoms with Crippen LogP contribution in [0.5, 0.6) is 0 Å². The second-order valence-corrected chi connectivity index (χ2v) is 11.8. The van der Waals surface area contributed by atoms with Crippen LogP contribution in [-0.2, 0) is 23.9 Å². The van der Waals surface area contributed by atoms with Gasteiger partial charge >= 0.3 is 12.1 Å². The molecule has 1 heterocycles. The molecular formula is C30H37N3O7. The van der Waals surface area contributed by atoms with E-state index in [2.05, 4.69) is 10.6 Å². The number of alkyl carbamates (subject to hydrolysis) is 1. The number of ether oxygens (including phenoxy) is 2. The van der Waals surface area contributed by atoms with Crippen LogP contribution in [0.4, 0.5) is 4.79 Å². The third-order valence-electron chi connectivity index (χ3n) is 7.11. The Labute approximate surface area is 234 Å². The summed E-state index contributed by atoms with van der Waals surface area (Å²) in [5.74, 6) is -2.67. The highest BCUT2D eigenvalue weighted by Crippen LogP contribution is 2.44. The number of carbonyl (C=O) groups is 4. The van der Waals surface area contributed by atoms with Crippen LogP contribution in [0, 0.1) is 0 Å². The molecule has 3 amide bonds. The fourth-order valence-corrected chi connectivity index (χ4v) is 5.64. The predicted octanol–water partition coefficient (Wildman–Crippen LogP) is 3.64. The quantitative estimate of drug-likeness (QED) is 0.478. The summed E-state index contributed by atoms with van der Waals surface area (Å²) in [7, 11) is 0. The smallest absolute Gasteiger partial charge is 0.407 e. The first-order chi connectivity index (χ1) is 18.7. The lowest BCUT2D eigenvalue weighted by Gasteiger charge is -2.35. The Bertz CT molecular complexity index is 1270. The van der Waals surface area contributed by atoms with Crippen molar-refractivity contribution in [1.82, 2.24) is 15.5 Å². The molecule has 1 fully saturated rings. The number of carbonyl (C=O) groups excluding carboxylic acids is 3. The Morgan fingerprint density at radius 2 is 1.57 bits per heavy atom. The van der Waals surface area contributed by atoms with Gasteiger partial charge in [0.1, 0.15) is 18.4 Å². The Hall–Kier alpha value is -3.92. The largest absolute Gasteiger partial charge is 0.480 e. The van der Waals surface area contributed by atoms with E-state index in [1.165, 1.54) is 0 Å². The minimum Gasteiger partial charge on any atom is -0.480 e. The van der Waals surface area contributed by atoms with Gasteiger partial charge in [0, 0.05) is 11.5 Å². The number of aliphatic carboxylic acids is 1. The molecule has 2 aliphatic rings. The molecule has 3 atom stereocenters. The van der Waals surface area contributed by atoms with Crippen molar-refractivity contribution in [3.05, 3.63) is 59.7 Å². The molecule has 3 N–H and O–H groups in total. The van der Waals surface area contributed by atoms with Gasteiger partial charge in [-0.15, -0.1) is 0 Å². The summed E-state index contributed by atoms with van der Waals surface area (Å²) in [6.07, 6.45) is -2.09. The van der Waals surface area contributed by atoms with Gasteiger partial charge in [0.15, 0.2) is 6.04 Å². The molecule has 0 aromatic heterocycles. The van der Waals surface area contributed by atoms with Crippen molar-refractivity contribution in [3.63, 3.8) is 0 Å². The number of nitrogens with one attached hydrogen (secondary N) is 2. The van der Waals surface area contributed by atoms with Gasteiger partial charge in [-0.2, -0.15) is 0 Å². The number of carboxylic acid groups (broad SMARTS) is 1. The zero-order chi connectivity index (χ0) is 29.4. The average Bonchev–Trinajstić information content (AvgIpc) is 3.30. The highest BCUT2D eigenvalue weighted by molar-refractivity contribution is 5.94. The second kappa shape index (κ2) is 10.9. The van der Waals surface area contributed by atoms with Crippen molar-refractivity contribution in [2.75, 3.05) is 6.61 Å². The monoisotopic (exact) mass is 551 g/mol. The van der Waals surface area contributed by atoms with Gasteiger partial charge in [0.2, 0.25) is 11.8 Å². The first-order valence-electron chi connectivity index (χ1n) is 13.4. The molecule has 2 aromatic carbocycles. The summed E-state index contributed by atoms with van der Waals surface area (Å²) >= 11 is 0. The zero-order valence-corrected chi connectivity index (χ0v) is 23.7. The van der Waals surface area contributed by atoms with E-state index in [0.29, 0.717) is 0 Å². The van der Waals surface area contributed by atoms with Crippen LogP contribution in [0.2, 0.25) is 0 Å². The number of fused-ring (bicyclic) bond motifs is 3. The number of hydrogen-bond acceptors (Lipinski definition) is 6. The molecule has 0 saturated carbocycles. The molecule has 40 heavy (non-hydrogen) atoms. The van der Waals surface area contributed by atoms with E-state index in [-0.39, 0.29) is 12.5 Å². The van der Waals surface area contributed by atoms with Crippen molar-refractivity contribution in [2.45, 2.75) is 83.3 Å². The first-order valence-corrected chi connectivity index (χ1v) is 13.4. The standard InChI is InChI=1S/C30H37N3O7/c1-17-25(27(36)37)33(30(5,6)40-17)26(35)23(15-24(34)32-29(2,3)4)31-28(38)39-16-22-20-13-9-7-11-18(20)19-12-8-10-14-21(19)22/h7-14,17,22-23,25H,15-16H2,1-6H3,(H,31,38)(H,32,34)(H,36,37)/t17?,23-,25-/m0/s1. The van der Waals surface area contributed by atoms with Gasteiger partial charge < -0.3 is 25.2 Å². The molecule has 1 aliphatic carbocycles. The van der Waals surface area contributed by atoms with E-state index in [4.69, 9.17) is 9.47 Å². The number of amides is 3. The van der Waals surface area contributed by atoms with E-state index < -0.39 is 59.7 Å². The lowest BCUT2D eigenvalue weighted by molar-refractivity contribution is -0.157. The van der Waals surface area contributed by atoms with Crippen molar-refractivity contribution >= 4 is 23.9 Å². The lowest BCUT2D eigenvalue weighted by atomic mass is 9.98. The van der Waals surface area contributed by atoms with E-state index >= 15 is 0 Å². The Morgan fingerprint density at radius 3 is 2.10 bits per heavy atom. The molecule has 0 bridgehead atoms. The van der Waals surface area contributed by atoms with Crippen molar-refractivity contribution in [1.29, 1.82) is 0 Å². The van der Waals surface area contributed by atoms with E-state index in [1.54, 1.807) is 41.5 Å². The van der Waals surface area contributed by atoms with Crippen LogP contribution in [0.25, 0.3) is 11.1 Å². The van der Waals surface area contributed by atoms with Gasteiger partial charge in [0.25, 0.3) is 0 Å². The highest BCUT2D eigenvalue weighted by atomic mass is 16.6.